The molecule has 3 N–H and O–H groups in total. The van der Waals surface area contributed by atoms with Crippen molar-refractivity contribution < 1.29 is 4.79 Å². The smallest absolute Gasteiger partial charge is 0.244 e. The van der Waals surface area contributed by atoms with Crippen molar-refractivity contribution in [3.8, 4) is 6.07 Å². The largest absolute Gasteiger partial charge is 0.323 e. The lowest BCUT2D eigenvalue weighted by Crippen LogP contribution is -2.52. The highest BCUT2D eigenvalue weighted by Crippen LogP contribution is 2.28. The van der Waals surface area contributed by atoms with Gasteiger partial charge < -0.3 is 11.1 Å². The number of halogens is 1. The molecule has 5 heteroatoms. The third-order valence-corrected chi connectivity index (χ3v) is 4.04. The van der Waals surface area contributed by atoms with E-state index in [2.05, 4.69) is 27.3 Å². The normalized spacial score (nSPS) is 17.5. The number of rotatable bonds is 2. The van der Waals surface area contributed by atoms with Crippen LogP contribution in [-0.4, -0.2) is 11.4 Å². The highest BCUT2D eigenvalue weighted by Gasteiger charge is 2.35. The predicted octanol–water partition coefficient (Wildman–Crippen LogP) is 2.92. The Morgan fingerprint density at radius 1 is 1.37 bits per heavy atom. The van der Waals surface area contributed by atoms with E-state index in [9.17, 15) is 4.79 Å². The molecule has 0 aromatic heterocycles. The van der Waals surface area contributed by atoms with Crippen LogP contribution in [0, 0.1) is 11.3 Å². The molecule has 0 spiro atoms. The fraction of sp³-hybridized carbons (Fsp3) is 0.429. The summed E-state index contributed by atoms with van der Waals surface area (Å²) in [6, 6.07) is 7.26. The maximum absolute atomic E-state index is 12.3. The van der Waals surface area contributed by atoms with Gasteiger partial charge in [0.15, 0.2) is 0 Å². The maximum Gasteiger partial charge on any atom is 0.244 e. The van der Waals surface area contributed by atoms with Crippen LogP contribution < -0.4 is 11.1 Å². The average molecular weight is 322 g/mol. The molecule has 0 bridgehead atoms. The lowest BCUT2D eigenvalue weighted by atomic mass is 9.82. The Balaban J connectivity index is 2.17. The van der Waals surface area contributed by atoms with Crippen LogP contribution in [0.15, 0.2) is 22.7 Å². The Morgan fingerprint density at radius 2 is 2.05 bits per heavy atom. The zero-order chi connectivity index (χ0) is 13.9. The second-order valence-corrected chi connectivity index (χ2v) is 5.89. The zero-order valence-electron chi connectivity index (χ0n) is 10.6. The number of nitrogens with two attached hydrogens (primary N) is 1. The van der Waals surface area contributed by atoms with E-state index in [1.807, 2.05) is 0 Å². The molecule has 0 aliphatic heterocycles. The Morgan fingerprint density at radius 3 is 2.68 bits per heavy atom. The third kappa shape index (κ3) is 3.14. The topological polar surface area (TPSA) is 78.9 Å². The quantitative estimate of drug-likeness (QED) is 0.878. The molecule has 0 unspecified atom stereocenters. The van der Waals surface area contributed by atoms with Crippen LogP contribution in [0.5, 0.6) is 0 Å². The number of hydrogen-bond acceptors (Lipinski definition) is 3. The molecule has 1 aliphatic rings. The summed E-state index contributed by atoms with van der Waals surface area (Å²) in [5, 5.41) is 11.9. The van der Waals surface area contributed by atoms with E-state index in [4.69, 9.17) is 11.0 Å². The van der Waals surface area contributed by atoms with Crippen molar-refractivity contribution in [2.24, 2.45) is 5.73 Å². The minimum absolute atomic E-state index is 0.189. The minimum atomic E-state index is -0.794. The van der Waals surface area contributed by atoms with E-state index in [1.54, 1.807) is 18.2 Å². The monoisotopic (exact) mass is 321 g/mol. The summed E-state index contributed by atoms with van der Waals surface area (Å²) in [7, 11) is 0. The first-order valence-corrected chi connectivity index (χ1v) is 7.14. The summed E-state index contributed by atoms with van der Waals surface area (Å²) in [6.07, 6.45) is 4.51. The molecule has 1 aromatic carbocycles. The fourth-order valence-electron chi connectivity index (χ4n) is 2.37. The number of carbonyl (C=O) groups is 1. The first-order valence-electron chi connectivity index (χ1n) is 6.35. The Hall–Kier alpha value is -1.38. The molecule has 2 rings (SSSR count). The van der Waals surface area contributed by atoms with Crippen LogP contribution in [0.4, 0.5) is 5.69 Å². The van der Waals surface area contributed by atoms with Gasteiger partial charge in [0.1, 0.15) is 6.07 Å². The number of hydrogen-bond donors (Lipinski definition) is 2. The number of carbonyl (C=O) groups excluding carboxylic acids is 1. The van der Waals surface area contributed by atoms with Gasteiger partial charge in [-0.05, 0) is 31.0 Å². The van der Waals surface area contributed by atoms with Crippen LogP contribution >= 0.6 is 15.9 Å². The van der Waals surface area contributed by atoms with Crippen LogP contribution in [-0.2, 0) is 4.79 Å². The fourth-order valence-corrected chi connectivity index (χ4v) is 2.74. The van der Waals surface area contributed by atoms with E-state index in [0.29, 0.717) is 24.1 Å². The van der Waals surface area contributed by atoms with E-state index in [0.717, 1.165) is 23.7 Å². The second-order valence-electron chi connectivity index (χ2n) is 4.97. The highest BCUT2D eigenvalue weighted by molar-refractivity contribution is 9.10. The average Bonchev–Trinajstić information content (AvgIpc) is 2.41. The Labute approximate surface area is 121 Å². The van der Waals surface area contributed by atoms with Gasteiger partial charge in [0.2, 0.25) is 5.91 Å². The van der Waals surface area contributed by atoms with Gasteiger partial charge in [-0.1, -0.05) is 35.2 Å². The SMILES string of the molecule is N#Cc1cc(Br)ccc1NC(=O)C1(N)CCCCC1. The van der Waals surface area contributed by atoms with Gasteiger partial charge in [-0.25, -0.2) is 0 Å². The predicted molar refractivity (Wildman–Crippen MR) is 77.5 cm³/mol. The second kappa shape index (κ2) is 5.72. The Kier molecular flexibility index (Phi) is 4.23. The van der Waals surface area contributed by atoms with Crippen LogP contribution in [0.3, 0.4) is 0 Å². The number of anilines is 1. The van der Waals surface area contributed by atoms with Gasteiger partial charge in [0.05, 0.1) is 16.8 Å². The van der Waals surface area contributed by atoms with E-state index in [-0.39, 0.29) is 5.91 Å². The van der Waals surface area contributed by atoms with Gasteiger partial charge in [-0.15, -0.1) is 0 Å². The number of nitrogens with one attached hydrogen (secondary N) is 1. The van der Waals surface area contributed by atoms with Crippen LogP contribution in [0.25, 0.3) is 0 Å². The van der Waals surface area contributed by atoms with Gasteiger partial charge in [-0.3, -0.25) is 4.79 Å². The summed E-state index contributed by atoms with van der Waals surface area (Å²) >= 11 is 3.30. The van der Waals surface area contributed by atoms with Crippen molar-refractivity contribution in [2.75, 3.05) is 5.32 Å². The molecular formula is C14H16BrN3O. The van der Waals surface area contributed by atoms with Crippen molar-refractivity contribution in [1.82, 2.24) is 0 Å². The Bertz CT molecular complexity index is 530. The summed E-state index contributed by atoms with van der Waals surface area (Å²) in [4.78, 5) is 12.3. The minimum Gasteiger partial charge on any atom is -0.323 e. The first kappa shape index (κ1) is 14.0. The van der Waals surface area contributed by atoms with E-state index in [1.165, 1.54) is 0 Å². The van der Waals surface area contributed by atoms with Gasteiger partial charge in [0, 0.05) is 4.47 Å². The van der Waals surface area contributed by atoms with E-state index >= 15 is 0 Å². The molecule has 0 saturated heterocycles. The first-order chi connectivity index (χ1) is 9.05. The van der Waals surface area contributed by atoms with Crippen LogP contribution in [0.1, 0.15) is 37.7 Å². The van der Waals surface area contributed by atoms with Crippen molar-refractivity contribution >= 4 is 27.5 Å². The molecule has 1 aromatic rings. The van der Waals surface area contributed by atoms with E-state index < -0.39 is 5.54 Å². The van der Waals surface area contributed by atoms with Gasteiger partial charge >= 0.3 is 0 Å². The lowest BCUT2D eigenvalue weighted by molar-refractivity contribution is -0.122. The molecule has 1 aliphatic carbocycles. The molecular weight excluding hydrogens is 306 g/mol. The van der Waals surface area contributed by atoms with Crippen molar-refractivity contribution in [3.05, 3.63) is 28.2 Å². The van der Waals surface area contributed by atoms with Gasteiger partial charge in [0.25, 0.3) is 0 Å². The molecule has 0 heterocycles. The molecule has 19 heavy (non-hydrogen) atoms. The van der Waals surface area contributed by atoms with Crippen molar-refractivity contribution in [3.63, 3.8) is 0 Å². The molecule has 0 atom stereocenters. The lowest BCUT2D eigenvalue weighted by Gasteiger charge is -2.31. The summed E-state index contributed by atoms with van der Waals surface area (Å²) in [6.45, 7) is 0. The molecule has 0 radical (unpaired) electrons. The standard InChI is InChI=1S/C14H16BrN3O/c15-11-4-5-12(10(8-11)9-16)18-13(19)14(17)6-2-1-3-7-14/h4-5,8H,1-3,6-7,17H2,(H,18,19). The maximum atomic E-state index is 12.3. The summed E-state index contributed by atoms with van der Waals surface area (Å²) in [5.41, 5.74) is 6.33. The van der Waals surface area contributed by atoms with Crippen molar-refractivity contribution in [1.29, 1.82) is 5.26 Å². The highest BCUT2D eigenvalue weighted by atomic mass is 79.9. The van der Waals surface area contributed by atoms with Crippen LogP contribution in [0.2, 0.25) is 0 Å². The molecule has 1 amide bonds. The number of benzene rings is 1. The number of amides is 1. The zero-order valence-corrected chi connectivity index (χ0v) is 12.2. The number of nitrogens with zero attached hydrogens (tertiary/aromatic N) is 1. The molecule has 1 saturated carbocycles. The van der Waals surface area contributed by atoms with Gasteiger partial charge in [-0.2, -0.15) is 5.26 Å². The summed E-state index contributed by atoms with van der Waals surface area (Å²) < 4.78 is 0.808. The summed E-state index contributed by atoms with van der Waals surface area (Å²) in [5.74, 6) is -0.189. The van der Waals surface area contributed by atoms with Crippen molar-refractivity contribution in [2.45, 2.75) is 37.6 Å². The molecule has 100 valence electrons. The third-order valence-electron chi connectivity index (χ3n) is 3.55. The molecule has 1 fully saturated rings. The number of nitriles is 1. The molecule has 4 nitrogen and oxygen atoms in total.